The highest BCUT2D eigenvalue weighted by atomic mass is 16.5. The maximum Gasteiger partial charge on any atom is 0.329 e. The topological polar surface area (TPSA) is 58.6 Å². The van der Waals surface area contributed by atoms with Gasteiger partial charge >= 0.3 is 6.03 Å². The number of urea groups is 1. The third-order valence-electron chi connectivity index (χ3n) is 3.79. The van der Waals surface area contributed by atoms with Crippen LogP contribution >= 0.6 is 0 Å². The predicted octanol–water partition coefficient (Wildman–Crippen LogP) is 3.32. The molecule has 3 rings (SSSR count). The smallest absolute Gasteiger partial charge is 0.329 e. The number of benzene rings is 2. The molecule has 122 valence electrons. The molecule has 0 aromatic heterocycles. The van der Waals surface area contributed by atoms with Gasteiger partial charge in [-0.15, -0.1) is 6.58 Å². The second kappa shape index (κ2) is 6.58. The zero-order valence-electron chi connectivity index (χ0n) is 13.4. The van der Waals surface area contributed by atoms with E-state index in [4.69, 9.17) is 4.74 Å². The first-order valence-electron chi connectivity index (χ1n) is 7.75. The van der Waals surface area contributed by atoms with E-state index in [-0.39, 0.29) is 18.1 Å². The van der Waals surface area contributed by atoms with Crippen molar-refractivity contribution in [2.24, 2.45) is 0 Å². The minimum atomic E-state index is -0.440. The van der Waals surface area contributed by atoms with Crippen LogP contribution < -0.4 is 10.1 Å². The van der Waals surface area contributed by atoms with E-state index >= 15 is 0 Å². The van der Waals surface area contributed by atoms with Gasteiger partial charge < -0.3 is 10.1 Å². The van der Waals surface area contributed by atoms with Gasteiger partial charge in [-0.25, -0.2) is 4.79 Å². The summed E-state index contributed by atoms with van der Waals surface area (Å²) in [7, 11) is 0. The van der Waals surface area contributed by atoms with E-state index in [9.17, 15) is 9.59 Å². The van der Waals surface area contributed by atoms with E-state index in [1.54, 1.807) is 6.08 Å². The maximum atomic E-state index is 12.4. The van der Waals surface area contributed by atoms with Gasteiger partial charge in [0.2, 0.25) is 0 Å². The molecule has 1 saturated heterocycles. The van der Waals surface area contributed by atoms with Gasteiger partial charge in [0.1, 0.15) is 11.4 Å². The molecule has 0 spiro atoms. The third-order valence-corrected chi connectivity index (χ3v) is 3.79. The zero-order chi connectivity index (χ0) is 17.1. The Hall–Kier alpha value is -3.08. The molecule has 0 unspecified atom stereocenters. The molecule has 3 amide bonds. The highest BCUT2D eigenvalue weighted by Gasteiger charge is 2.32. The van der Waals surface area contributed by atoms with Crippen molar-refractivity contribution in [2.75, 3.05) is 13.2 Å². The molecule has 1 heterocycles. The van der Waals surface area contributed by atoms with E-state index in [1.807, 2.05) is 43.3 Å². The molecular formula is C19H18N2O3. The van der Waals surface area contributed by atoms with E-state index in [0.29, 0.717) is 12.4 Å². The molecule has 0 aliphatic carbocycles. The number of carbonyl (C=O) groups is 2. The second-order valence-electron chi connectivity index (χ2n) is 5.32. The highest BCUT2D eigenvalue weighted by molar-refractivity contribution is 6.15. The normalized spacial score (nSPS) is 15.9. The summed E-state index contributed by atoms with van der Waals surface area (Å²) in [5, 5.41) is 4.61. The Morgan fingerprint density at radius 2 is 2.00 bits per heavy atom. The molecule has 24 heavy (non-hydrogen) atoms. The first kappa shape index (κ1) is 15.8. The number of ether oxygens (including phenoxy) is 1. The lowest BCUT2D eigenvalue weighted by Crippen LogP contribution is -2.30. The Kier molecular flexibility index (Phi) is 4.33. The van der Waals surface area contributed by atoms with Crippen LogP contribution in [0.2, 0.25) is 0 Å². The van der Waals surface area contributed by atoms with Crippen LogP contribution in [-0.4, -0.2) is 30.0 Å². The molecule has 1 aliphatic heterocycles. The summed E-state index contributed by atoms with van der Waals surface area (Å²) in [5.74, 6) is 0.309. The summed E-state index contributed by atoms with van der Waals surface area (Å²) in [4.78, 5) is 25.4. The van der Waals surface area contributed by atoms with Crippen LogP contribution in [0.3, 0.4) is 0 Å². The number of hydrogen-bond donors (Lipinski definition) is 1. The first-order valence-corrected chi connectivity index (χ1v) is 7.75. The number of nitrogens with zero attached hydrogens (tertiary/aromatic N) is 1. The summed E-state index contributed by atoms with van der Waals surface area (Å²) >= 11 is 0. The standard InChI is InChI=1S/C19H18N2O3/c1-3-11-21-18(22)16(20-19(21)23)12-15-14-8-6-5-7-13(14)9-10-17(15)24-4-2/h3,5-10,12H,1,4,11H2,2H3,(H,20,23)/b16-12+. The van der Waals surface area contributed by atoms with Crippen molar-refractivity contribution >= 4 is 28.8 Å². The van der Waals surface area contributed by atoms with Gasteiger partial charge in [0.15, 0.2) is 0 Å². The van der Waals surface area contributed by atoms with Crippen molar-refractivity contribution in [1.82, 2.24) is 10.2 Å². The van der Waals surface area contributed by atoms with Gasteiger partial charge in [0, 0.05) is 12.1 Å². The van der Waals surface area contributed by atoms with Crippen LogP contribution in [0.1, 0.15) is 12.5 Å². The van der Waals surface area contributed by atoms with Gasteiger partial charge in [0.25, 0.3) is 5.91 Å². The number of carbonyl (C=O) groups excluding carboxylic acids is 2. The quantitative estimate of drug-likeness (QED) is 0.522. The molecule has 1 aliphatic rings. The SMILES string of the molecule is C=CCN1C(=O)N/C(=C/c2c(OCC)ccc3ccccc23)C1=O. The molecule has 2 aromatic rings. The number of imide groups is 1. The highest BCUT2D eigenvalue weighted by Crippen LogP contribution is 2.31. The molecule has 0 bridgehead atoms. The van der Waals surface area contributed by atoms with Crippen LogP contribution in [0.4, 0.5) is 4.79 Å². The number of fused-ring (bicyclic) bond motifs is 1. The minimum absolute atomic E-state index is 0.176. The lowest BCUT2D eigenvalue weighted by Gasteiger charge is -2.11. The Bertz CT molecular complexity index is 855. The van der Waals surface area contributed by atoms with Crippen LogP contribution in [0.5, 0.6) is 5.75 Å². The first-order chi connectivity index (χ1) is 11.7. The van der Waals surface area contributed by atoms with Crippen LogP contribution in [0.25, 0.3) is 16.8 Å². The van der Waals surface area contributed by atoms with Gasteiger partial charge in [-0.05, 0) is 29.8 Å². The summed E-state index contributed by atoms with van der Waals surface area (Å²) < 4.78 is 5.69. The molecule has 5 nitrogen and oxygen atoms in total. The fraction of sp³-hybridized carbons (Fsp3) is 0.158. The van der Waals surface area contributed by atoms with Gasteiger partial charge in [-0.1, -0.05) is 36.4 Å². The zero-order valence-corrected chi connectivity index (χ0v) is 13.4. The minimum Gasteiger partial charge on any atom is -0.493 e. The van der Waals surface area contributed by atoms with Gasteiger partial charge in [-0.2, -0.15) is 0 Å². The van der Waals surface area contributed by atoms with E-state index in [2.05, 4.69) is 11.9 Å². The van der Waals surface area contributed by atoms with Gasteiger partial charge in [0.05, 0.1) is 6.61 Å². The summed E-state index contributed by atoms with van der Waals surface area (Å²) in [5.41, 5.74) is 1.01. The number of rotatable bonds is 5. The lowest BCUT2D eigenvalue weighted by molar-refractivity contribution is -0.122. The molecule has 5 heteroatoms. The lowest BCUT2D eigenvalue weighted by atomic mass is 10.0. The third kappa shape index (κ3) is 2.76. The molecule has 1 fully saturated rings. The van der Waals surface area contributed by atoms with E-state index in [0.717, 1.165) is 21.2 Å². The van der Waals surface area contributed by atoms with E-state index < -0.39 is 6.03 Å². The van der Waals surface area contributed by atoms with Crippen LogP contribution in [-0.2, 0) is 4.79 Å². The molecular weight excluding hydrogens is 304 g/mol. The predicted molar refractivity (Wildman–Crippen MR) is 93.5 cm³/mol. The molecule has 1 N–H and O–H groups in total. The van der Waals surface area contributed by atoms with Crippen molar-refractivity contribution in [1.29, 1.82) is 0 Å². The van der Waals surface area contributed by atoms with Crippen molar-refractivity contribution in [3.8, 4) is 5.75 Å². The number of hydrogen-bond acceptors (Lipinski definition) is 3. The van der Waals surface area contributed by atoms with E-state index in [1.165, 1.54) is 6.08 Å². The van der Waals surface area contributed by atoms with Crippen LogP contribution in [0.15, 0.2) is 54.8 Å². The monoisotopic (exact) mass is 322 g/mol. The average Bonchev–Trinajstić information content (AvgIpc) is 2.85. The van der Waals surface area contributed by atoms with Crippen molar-refractivity contribution < 1.29 is 14.3 Å². The fourth-order valence-electron chi connectivity index (χ4n) is 2.72. The molecule has 0 saturated carbocycles. The summed E-state index contributed by atoms with van der Waals surface area (Å²) in [6, 6.07) is 11.2. The summed E-state index contributed by atoms with van der Waals surface area (Å²) in [6.45, 7) is 6.16. The maximum absolute atomic E-state index is 12.4. The Balaban J connectivity index is 2.11. The molecule has 0 atom stereocenters. The van der Waals surface area contributed by atoms with Gasteiger partial charge in [-0.3, -0.25) is 9.69 Å². The van der Waals surface area contributed by atoms with Crippen molar-refractivity contribution in [3.63, 3.8) is 0 Å². The number of amides is 3. The summed E-state index contributed by atoms with van der Waals surface area (Å²) in [6.07, 6.45) is 3.20. The Morgan fingerprint density at radius 3 is 2.75 bits per heavy atom. The Labute approximate surface area is 140 Å². The number of nitrogens with one attached hydrogen (secondary N) is 1. The van der Waals surface area contributed by atoms with Crippen molar-refractivity contribution in [2.45, 2.75) is 6.92 Å². The average molecular weight is 322 g/mol. The second-order valence-corrected chi connectivity index (χ2v) is 5.32. The fourth-order valence-corrected chi connectivity index (χ4v) is 2.72. The Morgan fingerprint density at radius 1 is 1.21 bits per heavy atom. The molecule has 2 aromatic carbocycles. The van der Waals surface area contributed by atoms with Crippen LogP contribution in [0, 0.1) is 0 Å². The molecule has 0 radical (unpaired) electrons. The van der Waals surface area contributed by atoms with Crippen molar-refractivity contribution in [3.05, 3.63) is 60.3 Å². The largest absolute Gasteiger partial charge is 0.493 e.